The molecule has 2 N–H and O–H groups in total. The standard InChI is InChI=1S/C14H22N2O3S/c1-4-16(9-11-6-5-7-20-11)14(19)15-8-12(10(2)3)13(17)18/h5-7,10,12H,4,8-9H2,1-3H3,(H,15,19)(H,17,18). The number of urea groups is 1. The Morgan fingerprint density at radius 2 is 2.15 bits per heavy atom. The number of rotatable bonds is 7. The second-order valence-corrected chi connectivity index (χ2v) is 6.00. The van der Waals surface area contributed by atoms with Crippen LogP contribution in [-0.4, -0.2) is 35.1 Å². The van der Waals surface area contributed by atoms with E-state index in [9.17, 15) is 9.59 Å². The largest absolute Gasteiger partial charge is 0.481 e. The van der Waals surface area contributed by atoms with E-state index >= 15 is 0 Å². The first-order chi connectivity index (χ1) is 9.45. The maximum atomic E-state index is 12.1. The quantitative estimate of drug-likeness (QED) is 0.813. The molecule has 1 aromatic rings. The normalized spacial score (nSPS) is 12.2. The van der Waals surface area contributed by atoms with E-state index in [1.165, 1.54) is 0 Å². The van der Waals surface area contributed by atoms with Crippen LogP contribution in [0.2, 0.25) is 0 Å². The molecule has 0 aliphatic rings. The first kappa shape index (κ1) is 16.5. The number of carbonyl (C=O) groups is 2. The number of thiophene rings is 1. The van der Waals surface area contributed by atoms with Crippen molar-refractivity contribution in [3.63, 3.8) is 0 Å². The lowest BCUT2D eigenvalue weighted by Gasteiger charge is -2.23. The molecule has 0 radical (unpaired) electrons. The molecule has 1 aromatic heterocycles. The van der Waals surface area contributed by atoms with Gasteiger partial charge in [-0.1, -0.05) is 19.9 Å². The van der Waals surface area contributed by atoms with Crippen LogP contribution in [0.1, 0.15) is 25.6 Å². The third-order valence-electron chi connectivity index (χ3n) is 3.19. The van der Waals surface area contributed by atoms with Crippen molar-refractivity contribution in [1.29, 1.82) is 0 Å². The molecule has 0 aromatic carbocycles. The average molecular weight is 298 g/mol. The summed E-state index contributed by atoms with van der Waals surface area (Å²) in [5, 5.41) is 13.8. The third kappa shape index (κ3) is 4.85. The molecular weight excluding hydrogens is 276 g/mol. The van der Waals surface area contributed by atoms with Crippen molar-refractivity contribution in [3.05, 3.63) is 22.4 Å². The smallest absolute Gasteiger partial charge is 0.317 e. The van der Waals surface area contributed by atoms with E-state index in [0.717, 1.165) is 4.88 Å². The van der Waals surface area contributed by atoms with Crippen LogP contribution < -0.4 is 5.32 Å². The maximum Gasteiger partial charge on any atom is 0.317 e. The Morgan fingerprint density at radius 1 is 1.45 bits per heavy atom. The fourth-order valence-corrected chi connectivity index (χ4v) is 2.55. The van der Waals surface area contributed by atoms with Gasteiger partial charge in [-0.05, 0) is 24.3 Å². The molecule has 2 amide bonds. The Bertz CT molecular complexity index is 432. The summed E-state index contributed by atoms with van der Waals surface area (Å²) in [6, 6.07) is 3.72. The van der Waals surface area contributed by atoms with E-state index < -0.39 is 11.9 Å². The van der Waals surface area contributed by atoms with Gasteiger partial charge in [-0.2, -0.15) is 0 Å². The minimum absolute atomic E-state index is 0.0137. The van der Waals surface area contributed by atoms with Crippen LogP contribution in [-0.2, 0) is 11.3 Å². The van der Waals surface area contributed by atoms with E-state index in [4.69, 9.17) is 5.11 Å². The Labute approximate surface area is 123 Å². The number of hydrogen-bond acceptors (Lipinski definition) is 3. The van der Waals surface area contributed by atoms with Gasteiger partial charge in [0.25, 0.3) is 0 Å². The zero-order valence-corrected chi connectivity index (χ0v) is 12.9. The zero-order valence-electron chi connectivity index (χ0n) is 12.1. The van der Waals surface area contributed by atoms with Gasteiger partial charge in [-0.3, -0.25) is 4.79 Å². The second kappa shape index (κ2) is 7.89. The van der Waals surface area contributed by atoms with Crippen LogP contribution in [0, 0.1) is 11.8 Å². The highest BCUT2D eigenvalue weighted by atomic mass is 32.1. The van der Waals surface area contributed by atoms with Crippen molar-refractivity contribution in [2.75, 3.05) is 13.1 Å². The number of nitrogens with one attached hydrogen (secondary N) is 1. The van der Waals surface area contributed by atoms with E-state index in [-0.39, 0.29) is 18.5 Å². The predicted molar refractivity (Wildman–Crippen MR) is 79.8 cm³/mol. The monoisotopic (exact) mass is 298 g/mol. The minimum Gasteiger partial charge on any atom is -0.481 e. The molecule has 5 nitrogen and oxygen atoms in total. The molecule has 1 unspecified atom stereocenters. The molecule has 0 saturated carbocycles. The van der Waals surface area contributed by atoms with E-state index in [1.807, 2.05) is 38.3 Å². The summed E-state index contributed by atoms with van der Waals surface area (Å²) in [6.45, 7) is 6.89. The van der Waals surface area contributed by atoms with E-state index in [0.29, 0.717) is 13.1 Å². The zero-order chi connectivity index (χ0) is 15.1. The molecule has 6 heteroatoms. The van der Waals surface area contributed by atoms with Gasteiger partial charge in [0.05, 0.1) is 12.5 Å². The third-order valence-corrected chi connectivity index (χ3v) is 4.05. The summed E-state index contributed by atoms with van der Waals surface area (Å²) in [4.78, 5) is 25.9. The summed E-state index contributed by atoms with van der Waals surface area (Å²) >= 11 is 1.60. The van der Waals surface area contributed by atoms with Crippen LogP contribution in [0.15, 0.2) is 17.5 Å². The van der Waals surface area contributed by atoms with Gasteiger partial charge in [0.1, 0.15) is 0 Å². The summed E-state index contributed by atoms with van der Waals surface area (Å²) in [5.41, 5.74) is 0. The van der Waals surface area contributed by atoms with Gasteiger partial charge >= 0.3 is 12.0 Å². The lowest BCUT2D eigenvalue weighted by atomic mass is 9.96. The summed E-state index contributed by atoms with van der Waals surface area (Å²) in [6.07, 6.45) is 0. The van der Waals surface area contributed by atoms with Gasteiger partial charge in [0.2, 0.25) is 0 Å². The number of nitrogens with zero attached hydrogens (tertiary/aromatic N) is 1. The molecule has 0 bridgehead atoms. The van der Waals surface area contributed by atoms with Crippen molar-refractivity contribution < 1.29 is 14.7 Å². The van der Waals surface area contributed by atoms with Crippen molar-refractivity contribution in [2.45, 2.75) is 27.3 Å². The van der Waals surface area contributed by atoms with Crippen molar-refractivity contribution in [1.82, 2.24) is 10.2 Å². The second-order valence-electron chi connectivity index (χ2n) is 4.97. The van der Waals surface area contributed by atoms with Gasteiger partial charge in [-0.15, -0.1) is 11.3 Å². The molecular formula is C14H22N2O3S. The summed E-state index contributed by atoms with van der Waals surface area (Å²) in [5.74, 6) is -1.44. The van der Waals surface area contributed by atoms with Gasteiger partial charge in [-0.25, -0.2) is 4.79 Å². The Kier molecular flexibility index (Phi) is 6.51. The Hall–Kier alpha value is -1.56. The first-order valence-corrected chi connectivity index (χ1v) is 7.61. The van der Waals surface area contributed by atoms with E-state index in [2.05, 4.69) is 5.32 Å². The lowest BCUT2D eigenvalue weighted by molar-refractivity contribution is -0.142. The maximum absolute atomic E-state index is 12.1. The fraction of sp³-hybridized carbons (Fsp3) is 0.571. The SMILES string of the molecule is CCN(Cc1cccs1)C(=O)NCC(C(=O)O)C(C)C. The number of hydrogen-bond donors (Lipinski definition) is 2. The lowest BCUT2D eigenvalue weighted by Crippen LogP contribution is -2.43. The minimum atomic E-state index is -0.874. The first-order valence-electron chi connectivity index (χ1n) is 6.73. The molecule has 0 aliphatic heterocycles. The summed E-state index contributed by atoms with van der Waals surface area (Å²) in [7, 11) is 0. The number of aliphatic carboxylic acids is 1. The molecule has 1 heterocycles. The number of carboxylic acids is 1. The van der Waals surface area contributed by atoms with Gasteiger partial charge in [0.15, 0.2) is 0 Å². The van der Waals surface area contributed by atoms with Gasteiger partial charge < -0.3 is 15.3 Å². The molecule has 0 aliphatic carbocycles. The molecule has 0 saturated heterocycles. The van der Waals surface area contributed by atoms with Crippen LogP contribution in [0.4, 0.5) is 4.79 Å². The van der Waals surface area contributed by atoms with Gasteiger partial charge in [0, 0.05) is 18.0 Å². The van der Waals surface area contributed by atoms with Crippen molar-refractivity contribution in [2.24, 2.45) is 11.8 Å². The average Bonchev–Trinajstić information content (AvgIpc) is 2.87. The van der Waals surface area contributed by atoms with Crippen molar-refractivity contribution in [3.8, 4) is 0 Å². The topological polar surface area (TPSA) is 69.6 Å². The number of carbonyl (C=O) groups excluding carboxylic acids is 1. The number of amides is 2. The van der Waals surface area contributed by atoms with Crippen LogP contribution in [0.3, 0.4) is 0 Å². The number of carboxylic acid groups (broad SMARTS) is 1. The Balaban J connectivity index is 2.52. The molecule has 20 heavy (non-hydrogen) atoms. The fourth-order valence-electron chi connectivity index (χ4n) is 1.84. The Morgan fingerprint density at radius 3 is 2.60 bits per heavy atom. The van der Waals surface area contributed by atoms with E-state index in [1.54, 1.807) is 16.2 Å². The van der Waals surface area contributed by atoms with Crippen LogP contribution in [0.5, 0.6) is 0 Å². The predicted octanol–water partition coefficient (Wildman–Crippen LogP) is 2.64. The van der Waals surface area contributed by atoms with Crippen molar-refractivity contribution >= 4 is 23.3 Å². The molecule has 0 fully saturated rings. The van der Waals surface area contributed by atoms with Crippen LogP contribution >= 0.6 is 11.3 Å². The molecule has 0 spiro atoms. The van der Waals surface area contributed by atoms with Crippen LogP contribution in [0.25, 0.3) is 0 Å². The highest BCUT2D eigenvalue weighted by molar-refractivity contribution is 7.09. The molecule has 1 rings (SSSR count). The highest BCUT2D eigenvalue weighted by Crippen LogP contribution is 2.13. The highest BCUT2D eigenvalue weighted by Gasteiger charge is 2.23. The summed E-state index contributed by atoms with van der Waals surface area (Å²) < 4.78 is 0. The molecule has 1 atom stereocenters. The molecule has 112 valence electrons.